The van der Waals surface area contributed by atoms with Gasteiger partial charge in [0.05, 0.1) is 12.2 Å². The van der Waals surface area contributed by atoms with E-state index in [1.807, 2.05) is 0 Å². The van der Waals surface area contributed by atoms with E-state index in [1.54, 1.807) is 0 Å². The highest BCUT2D eigenvalue weighted by atomic mass is 19.1. The van der Waals surface area contributed by atoms with Crippen LogP contribution in [0, 0.1) is 16.4 Å². The van der Waals surface area contributed by atoms with E-state index in [0.29, 0.717) is 4.73 Å². The number of rotatable bonds is 3. The zero-order valence-electron chi connectivity index (χ0n) is 6.83. The second-order valence-corrected chi connectivity index (χ2v) is 2.62. The molecule has 1 aromatic rings. The van der Waals surface area contributed by atoms with Gasteiger partial charge in [-0.2, -0.15) is 4.73 Å². The minimum Gasteiger partial charge on any atom is -0.619 e. The number of hydrogen-bond acceptors (Lipinski definition) is 3. The molecule has 0 bridgehead atoms. The van der Waals surface area contributed by atoms with Gasteiger partial charge in [0.15, 0.2) is 12.4 Å². The van der Waals surface area contributed by atoms with Crippen molar-refractivity contribution in [2.75, 3.05) is 6.61 Å². The van der Waals surface area contributed by atoms with Crippen LogP contribution in [0.1, 0.15) is 5.56 Å². The van der Waals surface area contributed by atoms with Crippen molar-refractivity contribution < 1.29 is 14.2 Å². The summed E-state index contributed by atoms with van der Waals surface area (Å²) in [4.78, 5) is 0. The van der Waals surface area contributed by atoms with Crippen molar-refractivity contribution in [3.63, 3.8) is 0 Å². The first-order valence-electron chi connectivity index (χ1n) is 3.68. The van der Waals surface area contributed by atoms with E-state index in [-0.39, 0.29) is 17.7 Å². The van der Waals surface area contributed by atoms with E-state index in [2.05, 4.69) is 0 Å². The zero-order valence-corrected chi connectivity index (χ0v) is 6.83. The van der Waals surface area contributed by atoms with Gasteiger partial charge in [-0.3, -0.25) is 0 Å². The minimum atomic E-state index is -0.537. The molecule has 1 rings (SSSR count). The molecule has 1 heterocycles. The summed E-state index contributed by atoms with van der Waals surface area (Å²) in [6.07, 6.45) is 2.06. The molecule has 13 heavy (non-hydrogen) atoms. The Balaban J connectivity index is 2.87. The number of aromatic nitrogens is 1. The molecule has 0 aromatic carbocycles. The van der Waals surface area contributed by atoms with Crippen LogP contribution in [0.5, 0.6) is 0 Å². The monoisotopic (exact) mass is 184 g/mol. The molecule has 0 amide bonds. The van der Waals surface area contributed by atoms with E-state index in [1.165, 1.54) is 0 Å². The summed E-state index contributed by atoms with van der Waals surface area (Å²) in [6.45, 7) is -0.423. The largest absolute Gasteiger partial charge is 0.619 e. The van der Waals surface area contributed by atoms with E-state index >= 15 is 0 Å². The second kappa shape index (κ2) is 3.95. The van der Waals surface area contributed by atoms with E-state index in [4.69, 9.17) is 10.5 Å². The predicted molar refractivity (Wildman–Crippen MR) is 43.9 cm³/mol. The van der Waals surface area contributed by atoms with Crippen LogP contribution in [-0.2, 0) is 6.42 Å². The predicted octanol–water partition coefficient (Wildman–Crippen LogP) is 0.0137. The number of aliphatic hydroxyl groups is 1. The van der Waals surface area contributed by atoms with Crippen molar-refractivity contribution >= 4 is 5.71 Å². The fourth-order valence-electron chi connectivity index (χ4n) is 0.920. The number of hydrogen-bond donors (Lipinski definition) is 2. The third kappa shape index (κ3) is 2.48. The molecule has 0 saturated heterocycles. The Kier molecular flexibility index (Phi) is 2.92. The van der Waals surface area contributed by atoms with Gasteiger partial charge in [-0.1, -0.05) is 0 Å². The highest BCUT2D eigenvalue weighted by Gasteiger charge is 2.08. The third-order valence-corrected chi connectivity index (χ3v) is 1.55. The van der Waals surface area contributed by atoms with Crippen molar-refractivity contribution in [3.8, 4) is 0 Å². The molecule has 1 aromatic heterocycles. The van der Waals surface area contributed by atoms with Crippen LogP contribution in [0.3, 0.4) is 0 Å². The van der Waals surface area contributed by atoms with Crippen molar-refractivity contribution in [2.24, 2.45) is 0 Å². The van der Waals surface area contributed by atoms with Crippen LogP contribution in [-0.4, -0.2) is 17.4 Å². The Morgan fingerprint density at radius 1 is 1.69 bits per heavy atom. The molecule has 0 aliphatic rings. The van der Waals surface area contributed by atoms with Gasteiger partial charge in [0.1, 0.15) is 5.82 Å². The molecule has 0 fully saturated rings. The molecular weight excluding hydrogens is 175 g/mol. The van der Waals surface area contributed by atoms with E-state index in [9.17, 15) is 9.60 Å². The average Bonchev–Trinajstić information content (AvgIpc) is 2.11. The van der Waals surface area contributed by atoms with Crippen LogP contribution in [0.15, 0.2) is 18.5 Å². The fraction of sp³-hybridized carbons (Fsp3) is 0.250. The molecule has 0 spiro atoms. The molecule has 0 aliphatic carbocycles. The van der Waals surface area contributed by atoms with Gasteiger partial charge in [0.2, 0.25) is 0 Å². The van der Waals surface area contributed by atoms with E-state index < -0.39 is 12.4 Å². The minimum absolute atomic E-state index is 0.0231. The fourth-order valence-corrected chi connectivity index (χ4v) is 0.920. The summed E-state index contributed by atoms with van der Waals surface area (Å²) < 4.78 is 13.4. The van der Waals surface area contributed by atoms with Gasteiger partial charge >= 0.3 is 0 Å². The number of halogens is 1. The molecule has 0 unspecified atom stereocenters. The maximum Gasteiger partial charge on any atom is 0.186 e. The van der Waals surface area contributed by atoms with Crippen molar-refractivity contribution in [1.29, 1.82) is 5.41 Å². The van der Waals surface area contributed by atoms with Gasteiger partial charge < -0.3 is 15.7 Å². The Labute approximate surface area is 74.3 Å². The lowest BCUT2D eigenvalue weighted by Gasteiger charge is -2.02. The van der Waals surface area contributed by atoms with Gasteiger partial charge in [-0.25, -0.2) is 4.39 Å². The molecule has 5 heteroatoms. The van der Waals surface area contributed by atoms with Crippen LogP contribution >= 0.6 is 0 Å². The highest BCUT2D eigenvalue weighted by molar-refractivity contribution is 5.84. The van der Waals surface area contributed by atoms with E-state index in [0.717, 1.165) is 18.5 Å². The van der Waals surface area contributed by atoms with Gasteiger partial charge in [-0.05, 0) is 0 Å². The Morgan fingerprint density at radius 2 is 2.38 bits per heavy atom. The summed E-state index contributed by atoms with van der Waals surface area (Å²) in [5.74, 6) is -0.537. The normalized spacial score (nSPS) is 10.0. The lowest BCUT2D eigenvalue weighted by molar-refractivity contribution is -0.606. The van der Waals surface area contributed by atoms with Gasteiger partial charge in [0.25, 0.3) is 0 Å². The van der Waals surface area contributed by atoms with Gasteiger partial charge in [0, 0.05) is 18.2 Å². The molecular formula is C8H9FN2O2. The molecule has 70 valence electrons. The second-order valence-electron chi connectivity index (χ2n) is 2.62. The highest BCUT2D eigenvalue weighted by Crippen LogP contribution is 2.04. The first kappa shape index (κ1) is 9.60. The molecule has 4 nitrogen and oxygen atoms in total. The Hall–Kier alpha value is -1.49. The van der Waals surface area contributed by atoms with Crippen molar-refractivity contribution in [2.45, 2.75) is 6.42 Å². The van der Waals surface area contributed by atoms with Crippen molar-refractivity contribution in [3.05, 3.63) is 35.0 Å². The van der Waals surface area contributed by atoms with Crippen LogP contribution < -0.4 is 4.73 Å². The summed E-state index contributed by atoms with van der Waals surface area (Å²) in [5, 5.41) is 26.4. The first-order chi connectivity index (χ1) is 6.13. The van der Waals surface area contributed by atoms with Crippen molar-refractivity contribution in [1.82, 2.24) is 0 Å². The summed E-state index contributed by atoms with van der Waals surface area (Å²) in [6, 6.07) is 1.03. The number of pyridine rings is 1. The van der Waals surface area contributed by atoms with Gasteiger partial charge in [-0.15, -0.1) is 0 Å². The molecule has 0 saturated carbocycles. The maximum atomic E-state index is 12.9. The average molecular weight is 184 g/mol. The lowest BCUT2D eigenvalue weighted by atomic mass is 10.1. The Bertz CT molecular complexity index is 328. The standard InChI is InChI=1S/C8H9FN2O2/c9-8-1-2-11(13)4-6(8)3-7(10)5-12/h1-2,4,10,12H,3,5H2. The number of aliphatic hydroxyl groups excluding tert-OH is 1. The lowest BCUT2D eigenvalue weighted by Crippen LogP contribution is -2.26. The maximum absolute atomic E-state index is 12.9. The Morgan fingerprint density at radius 3 is 3.00 bits per heavy atom. The topological polar surface area (TPSA) is 71.0 Å². The third-order valence-electron chi connectivity index (χ3n) is 1.55. The SMILES string of the molecule is N=C(CO)Cc1c[n+]([O-])ccc1F. The number of nitrogens with one attached hydrogen (secondary N) is 1. The van der Waals surface area contributed by atoms with Crippen LogP contribution in [0.25, 0.3) is 0 Å². The zero-order chi connectivity index (χ0) is 9.84. The molecule has 0 aliphatic heterocycles. The quantitative estimate of drug-likeness (QED) is 0.394. The molecule has 0 radical (unpaired) electrons. The summed E-state index contributed by atoms with van der Waals surface area (Å²) >= 11 is 0. The smallest absolute Gasteiger partial charge is 0.186 e. The summed E-state index contributed by atoms with van der Waals surface area (Å²) in [7, 11) is 0. The molecule has 0 atom stereocenters. The van der Waals surface area contributed by atoms with Crippen LogP contribution in [0.2, 0.25) is 0 Å². The first-order valence-corrected chi connectivity index (χ1v) is 3.68. The summed E-state index contributed by atoms with van der Waals surface area (Å²) in [5.41, 5.74) is 0.0988. The molecule has 2 N–H and O–H groups in total. The number of nitrogens with zero attached hydrogens (tertiary/aromatic N) is 1. The van der Waals surface area contributed by atoms with Crippen LogP contribution in [0.4, 0.5) is 4.39 Å².